The van der Waals surface area contributed by atoms with Gasteiger partial charge in [0.15, 0.2) is 0 Å². The molecule has 3 aliphatic carbocycles. The molecule has 5 aromatic carbocycles. The fourth-order valence-corrected chi connectivity index (χ4v) is 13.3. The molecule has 0 fully saturated rings. The van der Waals surface area contributed by atoms with E-state index in [9.17, 15) is 0 Å². The molecule has 0 radical (unpaired) electrons. The van der Waals surface area contributed by atoms with Crippen LogP contribution >= 0.6 is 0 Å². The Morgan fingerprint density at radius 1 is 0.500 bits per heavy atom. The molecule has 0 N–H and O–H groups in total. The van der Waals surface area contributed by atoms with Crippen LogP contribution in [0.1, 0.15) is 194 Å². The van der Waals surface area contributed by atoms with Crippen LogP contribution in [0, 0.1) is 0 Å². The first-order valence-electron chi connectivity index (χ1n) is 25.6. The maximum Gasteiger partial charge on any atom is 0.297 e. The zero-order valence-corrected chi connectivity index (χ0v) is 43.3. The average Bonchev–Trinajstić information content (AvgIpc) is 3.62. The van der Waals surface area contributed by atoms with E-state index in [1.165, 1.54) is 133 Å². The molecule has 11 rings (SSSR count). The van der Waals surface area contributed by atoms with Crippen molar-refractivity contribution >= 4 is 68.4 Å². The molecule has 5 aliphatic rings. The summed E-state index contributed by atoms with van der Waals surface area (Å²) >= 11 is 0. The van der Waals surface area contributed by atoms with Crippen molar-refractivity contribution in [2.45, 2.75) is 194 Å². The molecule has 0 unspecified atom stereocenters. The monoisotopic (exact) mass is 875 g/mol. The predicted octanol–water partition coefficient (Wildman–Crippen LogP) is 15.4. The summed E-state index contributed by atoms with van der Waals surface area (Å²) in [5.41, 5.74) is 24.3. The minimum Gasteiger partial charge on any atom is -0.468 e. The van der Waals surface area contributed by atoms with Gasteiger partial charge in [0.05, 0.1) is 11.3 Å². The van der Waals surface area contributed by atoms with Crippen molar-refractivity contribution < 1.29 is 4.42 Å². The first-order valence-corrected chi connectivity index (χ1v) is 25.6. The van der Waals surface area contributed by atoms with Gasteiger partial charge in [-0.1, -0.05) is 135 Å². The molecule has 0 saturated carbocycles. The van der Waals surface area contributed by atoms with Crippen molar-refractivity contribution in [3.05, 3.63) is 123 Å². The summed E-state index contributed by atoms with van der Waals surface area (Å²) < 4.78 is 7.65. The van der Waals surface area contributed by atoms with E-state index in [4.69, 9.17) is 4.42 Å². The van der Waals surface area contributed by atoms with Crippen molar-refractivity contribution in [3.8, 4) is 0 Å². The van der Waals surface area contributed by atoms with E-state index >= 15 is 0 Å². The third kappa shape index (κ3) is 6.27. The SMILES string of the molecule is CCc1cc2c3c(c1)N(c1ccc4c(c1)C(C)(C)CCC4(C)C)c1c(oc4cc5c(cc14)C(C)(C)CCC5(C)C)B3c1cc(C(C)(C)C)ccc1N2c1ccc2c(c1)C(C)(C)CCC2(C)C. The smallest absolute Gasteiger partial charge is 0.297 e. The Hall–Kier alpha value is -4.70. The van der Waals surface area contributed by atoms with E-state index < -0.39 is 0 Å². The molecule has 0 saturated heterocycles. The lowest BCUT2D eigenvalue weighted by Crippen LogP contribution is -2.61. The van der Waals surface area contributed by atoms with Crippen LogP contribution in [0.15, 0.2) is 83.3 Å². The van der Waals surface area contributed by atoms with Gasteiger partial charge in [0.1, 0.15) is 5.58 Å². The highest BCUT2D eigenvalue weighted by Gasteiger charge is 2.49. The number of fused-ring (bicyclic) bond motifs is 9. The Labute approximate surface area is 397 Å². The Kier molecular flexibility index (Phi) is 9.12. The van der Waals surface area contributed by atoms with Crippen molar-refractivity contribution in [3.63, 3.8) is 0 Å². The molecule has 4 heteroatoms. The van der Waals surface area contributed by atoms with Crippen LogP contribution in [0.2, 0.25) is 0 Å². The van der Waals surface area contributed by atoms with Crippen LogP contribution < -0.4 is 26.4 Å². The van der Waals surface area contributed by atoms with Gasteiger partial charge in [-0.25, -0.2) is 0 Å². The first-order chi connectivity index (χ1) is 30.7. The number of nitrogens with zero attached hydrogens (tertiary/aromatic N) is 2. The molecule has 2 aliphatic heterocycles. The summed E-state index contributed by atoms with van der Waals surface area (Å²) in [6.45, 7) is 38.7. The van der Waals surface area contributed by atoms with Gasteiger partial charge in [0, 0.05) is 33.8 Å². The number of hydrogen-bond acceptors (Lipinski definition) is 3. The number of anilines is 6. The molecule has 0 bridgehead atoms. The number of aryl methyl sites for hydroxylation is 1. The van der Waals surface area contributed by atoms with E-state index in [-0.39, 0.29) is 44.6 Å². The normalized spacial score (nSPS) is 21.1. The maximum atomic E-state index is 7.65. The first kappa shape index (κ1) is 43.8. The van der Waals surface area contributed by atoms with Crippen LogP contribution in [-0.4, -0.2) is 6.71 Å². The fraction of sp³-hybridized carbons (Fsp3) is 0.484. The van der Waals surface area contributed by atoms with Crippen molar-refractivity contribution in [1.29, 1.82) is 0 Å². The summed E-state index contributed by atoms with van der Waals surface area (Å²) in [5, 5.41) is 1.23. The topological polar surface area (TPSA) is 19.6 Å². The number of rotatable bonds is 3. The highest BCUT2D eigenvalue weighted by atomic mass is 16.3. The highest BCUT2D eigenvalue weighted by Crippen LogP contribution is 2.55. The summed E-state index contributed by atoms with van der Waals surface area (Å²) in [6.07, 6.45) is 8.03. The minimum atomic E-state index is -0.0906. The van der Waals surface area contributed by atoms with Crippen LogP contribution in [0.3, 0.4) is 0 Å². The van der Waals surface area contributed by atoms with Crippen molar-refractivity contribution in [2.75, 3.05) is 9.80 Å². The maximum absolute atomic E-state index is 7.65. The quantitative estimate of drug-likeness (QED) is 0.165. The van der Waals surface area contributed by atoms with Gasteiger partial charge >= 0.3 is 0 Å². The van der Waals surface area contributed by atoms with Crippen LogP contribution in [-0.2, 0) is 44.3 Å². The molecule has 0 amide bonds. The minimum absolute atomic E-state index is 0.0339. The van der Waals surface area contributed by atoms with Gasteiger partial charge in [-0.15, -0.1) is 0 Å². The second-order valence-corrected chi connectivity index (χ2v) is 26.5. The van der Waals surface area contributed by atoms with Gasteiger partial charge in [-0.3, -0.25) is 0 Å². The zero-order valence-electron chi connectivity index (χ0n) is 43.3. The van der Waals surface area contributed by atoms with Crippen LogP contribution in [0.4, 0.5) is 34.1 Å². The second kappa shape index (κ2) is 13.7. The number of hydrogen-bond donors (Lipinski definition) is 0. The summed E-state index contributed by atoms with van der Waals surface area (Å²) in [7, 11) is 0. The standard InChI is InChI=1S/C62H75BN2O/c1-17-37-30-50-53-51(31-37)65(40-20-22-43-45(34-40)60(11,12)27-25-58(43,7)8)54-41-35-46-47(62(15,16)29-28-61(46,13)14)36-52(41)66-55(54)63(53)48-32-38(56(2,3)4)18-23-49(48)64(50)39-19-21-42-44(33-39)59(9,10)26-24-57(42,5)6/h18-23,30-36H,17,24-29H2,1-16H3. The van der Waals surface area contributed by atoms with E-state index in [0.717, 1.165) is 17.7 Å². The second-order valence-electron chi connectivity index (χ2n) is 26.5. The van der Waals surface area contributed by atoms with Gasteiger partial charge in [-0.2, -0.15) is 0 Å². The van der Waals surface area contributed by atoms with E-state index in [0.29, 0.717) is 0 Å². The molecule has 0 atom stereocenters. The van der Waals surface area contributed by atoms with E-state index in [1.807, 2.05) is 0 Å². The fourth-order valence-electron chi connectivity index (χ4n) is 13.3. The van der Waals surface area contributed by atoms with E-state index in [2.05, 4.69) is 199 Å². The van der Waals surface area contributed by atoms with Crippen LogP contribution in [0.25, 0.3) is 11.0 Å². The molecule has 342 valence electrons. The molecule has 1 aromatic heterocycles. The lowest BCUT2D eigenvalue weighted by Gasteiger charge is -2.45. The van der Waals surface area contributed by atoms with Gasteiger partial charge < -0.3 is 14.2 Å². The molecule has 0 spiro atoms. The average molecular weight is 875 g/mol. The number of benzene rings is 5. The largest absolute Gasteiger partial charge is 0.468 e. The molecule has 3 heterocycles. The highest BCUT2D eigenvalue weighted by molar-refractivity contribution is 7.00. The van der Waals surface area contributed by atoms with Crippen LogP contribution in [0.5, 0.6) is 0 Å². The summed E-state index contributed by atoms with van der Waals surface area (Å²) in [5.74, 6) is 0. The van der Waals surface area contributed by atoms with E-state index in [1.54, 1.807) is 0 Å². The van der Waals surface area contributed by atoms with Crippen molar-refractivity contribution in [1.82, 2.24) is 0 Å². The summed E-state index contributed by atoms with van der Waals surface area (Å²) in [4.78, 5) is 5.30. The lowest BCUT2D eigenvalue weighted by atomic mass is 9.35. The Morgan fingerprint density at radius 2 is 0.955 bits per heavy atom. The molecule has 6 aromatic rings. The molecular weight excluding hydrogens is 800 g/mol. The van der Waals surface area contributed by atoms with Gasteiger partial charge in [-0.05, 0) is 193 Å². The van der Waals surface area contributed by atoms with Gasteiger partial charge in [0.2, 0.25) is 0 Å². The lowest BCUT2D eigenvalue weighted by molar-refractivity contribution is 0.332. The number of furan rings is 1. The third-order valence-corrected chi connectivity index (χ3v) is 18.2. The molecule has 3 nitrogen and oxygen atoms in total. The van der Waals surface area contributed by atoms with Gasteiger partial charge in [0.25, 0.3) is 6.71 Å². The predicted molar refractivity (Wildman–Crippen MR) is 284 cm³/mol. The Balaban J connectivity index is 1.27. The molecule has 66 heavy (non-hydrogen) atoms. The Morgan fingerprint density at radius 3 is 1.45 bits per heavy atom. The Bertz CT molecular complexity index is 3030. The molecular formula is C62H75BN2O. The third-order valence-electron chi connectivity index (χ3n) is 18.2. The zero-order chi connectivity index (χ0) is 47.1. The summed E-state index contributed by atoms with van der Waals surface area (Å²) in [6, 6.07) is 32.5. The van der Waals surface area contributed by atoms with Crippen molar-refractivity contribution in [2.24, 2.45) is 0 Å².